The minimum Gasteiger partial charge on any atom is -0.371 e. The van der Waals surface area contributed by atoms with Gasteiger partial charge in [-0.15, -0.1) is 0 Å². The molecule has 0 unspecified atom stereocenters. The van der Waals surface area contributed by atoms with Gasteiger partial charge in [-0.25, -0.2) is 0 Å². The zero-order valence-electron chi connectivity index (χ0n) is 10.1. The molecule has 1 nitrogen and oxygen atoms in total. The summed E-state index contributed by atoms with van der Waals surface area (Å²) in [5, 5.41) is 0. The van der Waals surface area contributed by atoms with E-state index in [1.165, 1.54) is 18.5 Å². The molecule has 0 aromatic rings. The van der Waals surface area contributed by atoms with E-state index in [4.69, 9.17) is 0 Å². The molecule has 0 aliphatic heterocycles. The lowest BCUT2D eigenvalue weighted by molar-refractivity contribution is 0.194. The highest BCUT2D eigenvalue weighted by molar-refractivity contribution is 5.01. The number of hydrogen-bond acceptors (Lipinski definition) is 1. The molecule has 0 atom stereocenters. The second-order valence-corrected chi connectivity index (χ2v) is 4.55. The van der Waals surface area contributed by atoms with Gasteiger partial charge >= 0.3 is 0 Å². The smallest absolute Gasteiger partial charge is 0.0314 e. The first-order valence-corrected chi connectivity index (χ1v) is 5.37. The van der Waals surface area contributed by atoms with Crippen LogP contribution in [0.3, 0.4) is 0 Å². The lowest BCUT2D eigenvalue weighted by Gasteiger charge is -2.37. The fraction of sp³-hybridized carbons (Fsp3) is 0.833. The van der Waals surface area contributed by atoms with Gasteiger partial charge in [0, 0.05) is 17.8 Å². The van der Waals surface area contributed by atoms with Crippen molar-refractivity contribution >= 4 is 0 Å². The quantitative estimate of drug-likeness (QED) is 0.640. The van der Waals surface area contributed by atoms with Crippen LogP contribution in [0, 0.1) is 0 Å². The van der Waals surface area contributed by atoms with E-state index in [1.54, 1.807) is 0 Å². The lowest BCUT2D eigenvalue weighted by Crippen LogP contribution is -2.39. The Bertz CT molecular complexity index is 162. The highest BCUT2D eigenvalue weighted by Gasteiger charge is 2.18. The Morgan fingerprint density at radius 1 is 1.23 bits per heavy atom. The normalized spacial score (nSPS) is 13.2. The van der Waals surface area contributed by atoms with Gasteiger partial charge in [0.2, 0.25) is 0 Å². The summed E-state index contributed by atoms with van der Waals surface area (Å²) in [6.07, 6.45) is 4.77. The molecule has 13 heavy (non-hydrogen) atoms. The molecule has 0 radical (unpaired) electrons. The van der Waals surface area contributed by atoms with E-state index in [-0.39, 0.29) is 5.54 Å². The molecule has 0 aromatic carbocycles. The molecule has 0 rings (SSSR count). The summed E-state index contributed by atoms with van der Waals surface area (Å²) in [6.45, 7) is 14.5. The highest BCUT2D eigenvalue weighted by Crippen LogP contribution is 2.19. The molecule has 0 bridgehead atoms. The maximum absolute atomic E-state index is 2.45. The zero-order chi connectivity index (χ0) is 10.5. The molecule has 0 saturated heterocycles. The summed E-state index contributed by atoms with van der Waals surface area (Å²) in [4.78, 5) is 2.45. The SMILES string of the molecule is CCC/C=C(/C)N(CC)C(C)(C)C. The van der Waals surface area contributed by atoms with Gasteiger partial charge in [-0.2, -0.15) is 0 Å². The first-order chi connectivity index (χ1) is 5.93. The fourth-order valence-electron chi connectivity index (χ4n) is 1.72. The van der Waals surface area contributed by atoms with Gasteiger partial charge in [0.25, 0.3) is 0 Å². The summed E-state index contributed by atoms with van der Waals surface area (Å²) in [5.41, 5.74) is 1.67. The summed E-state index contributed by atoms with van der Waals surface area (Å²) < 4.78 is 0. The van der Waals surface area contributed by atoms with Crippen LogP contribution < -0.4 is 0 Å². The van der Waals surface area contributed by atoms with Crippen LogP contribution in [0.5, 0.6) is 0 Å². The van der Waals surface area contributed by atoms with E-state index >= 15 is 0 Å². The van der Waals surface area contributed by atoms with Crippen molar-refractivity contribution in [2.75, 3.05) is 6.54 Å². The minimum absolute atomic E-state index is 0.253. The van der Waals surface area contributed by atoms with Crippen molar-refractivity contribution in [1.82, 2.24) is 4.90 Å². The highest BCUT2D eigenvalue weighted by atomic mass is 15.2. The third-order valence-electron chi connectivity index (χ3n) is 2.28. The molecule has 78 valence electrons. The van der Waals surface area contributed by atoms with Gasteiger partial charge in [-0.05, 0) is 41.0 Å². The number of unbranched alkanes of at least 4 members (excludes halogenated alkanes) is 1. The van der Waals surface area contributed by atoms with Gasteiger partial charge in [-0.1, -0.05) is 19.4 Å². The average Bonchev–Trinajstić information content (AvgIpc) is 1.99. The van der Waals surface area contributed by atoms with E-state index < -0.39 is 0 Å². The Balaban J connectivity index is 4.40. The van der Waals surface area contributed by atoms with Gasteiger partial charge in [0.05, 0.1) is 0 Å². The molecule has 0 N–H and O–H groups in total. The van der Waals surface area contributed by atoms with Crippen molar-refractivity contribution in [2.24, 2.45) is 0 Å². The van der Waals surface area contributed by atoms with Crippen LogP contribution in [0.1, 0.15) is 54.4 Å². The van der Waals surface area contributed by atoms with E-state index in [2.05, 4.69) is 52.5 Å². The lowest BCUT2D eigenvalue weighted by atomic mass is 10.0. The summed E-state index contributed by atoms with van der Waals surface area (Å²) in [5.74, 6) is 0. The van der Waals surface area contributed by atoms with Crippen molar-refractivity contribution in [3.8, 4) is 0 Å². The molecule has 0 saturated carbocycles. The number of allylic oxidation sites excluding steroid dienone is 2. The second kappa shape index (κ2) is 5.31. The first-order valence-electron chi connectivity index (χ1n) is 5.37. The Kier molecular flexibility index (Phi) is 5.12. The van der Waals surface area contributed by atoms with E-state index in [0.717, 1.165) is 6.54 Å². The third kappa shape index (κ3) is 4.35. The maximum atomic E-state index is 2.45. The number of hydrogen-bond donors (Lipinski definition) is 0. The molecule has 0 fully saturated rings. The van der Waals surface area contributed by atoms with E-state index in [1.807, 2.05) is 0 Å². The topological polar surface area (TPSA) is 3.24 Å². The van der Waals surface area contributed by atoms with Crippen LogP contribution >= 0.6 is 0 Å². The summed E-state index contributed by atoms with van der Waals surface area (Å²) in [7, 11) is 0. The minimum atomic E-state index is 0.253. The van der Waals surface area contributed by atoms with Gasteiger partial charge in [-0.3, -0.25) is 0 Å². The van der Waals surface area contributed by atoms with Gasteiger partial charge in [0.15, 0.2) is 0 Å². The first kappa shape index (κ1) is 12.5. The van der Waals surface area contributed by atoms with E-state index in [9.17, 15) is 0 Å². The van der Waals surface area contributed by atoms with Gasteiger partial charge in [0.1, 0.15) is 0 Å². The molecule has 0 aliphatic rings. The standard InChI is InChI=1S/C12H25N/c1-7-9-10-11(3)13(8-2)12(4,5)6/h10H,7-9H2,1-6H3/b11-10-. The zero-order valence-corrected chi connectivity index (χ0v) is 10.1. The number of rotatable bonds is 4. The van der Waals surface area contributed by atoms with Crippen molar-refractivity contribution in [3.05, 3.63) is 11.8 Å². The molecular formula is C12H25N. The Hall–Kier alpha value is -0.460. The molecule has 0 heterocycles. The van der Waals surface area contributed by atoms with Crippen LogP contribution in [-0.2, 0) is 0 Å². The second-order valence-electron chi connectivity index (χ2n) is 4.55. The van der Waals surface area contributed by atoms with Crippen LogP contribution in [0.25, 0.3) is 0 Å². The third-order valence-corrected chi connectivity index (χ3v) is 2.28. The summed E-state index contributed by atoms with van der Waals surface area (Å²) in [6, 6.07) is 0. The molecule has 0 aromatic heterocycles. The average molecular weight is 183 g/mol. The van der Waals surface area contributed by atoms with E-state index in [0.29, 0.717) is 0 Å². The van der Waals surface area contributed by atoms with Crippen molar-refractivity contribution < 1.29 is 0 Å². The van der Waals surface area contributed by atoms with Crippen LogP contribution in [-0.4, -0.2) is 17.0 Å². The van der Waals surface area contributed by atoms with Gasteiger partial charge < -0.3 is 4.90 Å². The monoisotopic (exact) mass is 183 g/mol. The Morgan fingerprint density at radius 3 is 2.08 bits per heavy atom. The molecule has 0 spiro atoms. The fourth-order valence-corrected chi connectivity index (χ4v) is 1.72. The predicted octanol–water partition coefficient (Wildman–Crippen LogP) is 3.81. The predicted molar refractivity (Wildman–Crippen MR) is 60.8 cm³/mol. The Morgan fingerprint density at radius 2 is 1.77 bits per heavy atom. The maximum Gasteiger partial charge on any atom is 0.0314 e. The molecule has 1 heteroatoms. The molecule has 0 amide bonds. The molecular weight excluding hydrogens is 158 g/mol. The van der Waals surface area contributed by atoms with Crippen LogP contribution in [0.4, 0.5) is 0 Å². The van der Waals surface area contributed by atoms with Crippen LogP contribution in [0.15, 0.2) is 11.8 Å². The number of nitrogens with zero attached hydrogens (tertiary/aromatic N) is 1. The summed E-state index contributed by atoms with van der Waals surface area (Å²) >= 11 is 0. The largest absolute Gasteiger partial charge is 0.371 e. The van der Waals surface area contributed by atoms with Crippen molar-refractivity contribution in [1.29, 1.82) is 0 Å². The van der Waals surface area contributed by atoms with Crippen molar-refractivity contribution in [2.45, 2.75) is 59.9 Å². The molecule has 0 aliphatic carbocycles. The van der Waals surface area contributed by atoms with Crippen molar-refractivity contribution in [3.63, 3.8) is 0 Å². The van der Waals surface area contributed by atoms with Crippen LogP contribution in [0.2, 0.25) is 0 Å². The Labute approximate surface area is 83.8 Å².